The van der Waals surface area contributed by atoms with Crippen LogP contribution < -0.4 is 10.2 Å². The molecule has 8 heteroatoms. The van der Waals surface area contributed by atoms with Crippen molar-refractivity contribution >= 4 is 23.2 Å². The minimum absolute atomic E-state index is 0.229. The minimum Gasteiger partial charge on any atom is -0.322 e. The Morgan fingerprint density at radius 3 is 2.88 bits per heavy atom. The molecule has 0 spiro atoms. The van der Waals surface area contributed by atoms with Crippen LogP contribution in [-0.4, -0.2) is 37.8 Å². The van der Waals surface area contributed by atoms with Gasteiger partial charge in [0.05, 0.1) is 41.2 Å². The third-order valence-corrected chi connectivity index (χ3v) is 4.06. The average molecular weight is 334 g/mol. The van der Waals surface area contributed by atoms with Crippen molar-refractivity contribution in [2.24, 2.45) is 0 Å². The van der Waals surface area contributed by atoms with Crippen molar-refractivity contribution in [3.63, 3.8) is 0 Å². The van der Waals surface area contributed by atoms with E-state index in [-0.39, 0.29) is 11.8 Å². The van der Waals surface area contributed by atoms with Gasteiger partial charge in [-0.2, -0.15) is 0 Å². The second kappa shape index (κ2) is 5.82. The Hall–Kier alpha value is -3.55. The molecule has 0 aliphatic carbocycles. The summed E-state index contributed by atoms with van der Waals surface area (Å²) in [6, 6.07) is 8.25. The number of para-hydroxylation sites is 2. The van der Waals surface area contributed by atoms with Crippen LogP contribution in [0.1, 0.15) is 17.3 Å². The summed E-state index contributed by atoms with van der Waals surface area (Å²) in [6.45, 7) is 1.69. The fraction of sp³-hybridized carbons (Fsp3) is 0.118. The molecule has 0 bridgehead atoms. The van der Waals surface area contributed by atoms with E-state index in [4.69, 9.17) is 0 Å². The van der Waals surface area contributed by atoms with E-state index in [0.717, 1.165) is 0 Å². The molecule has 1 unspecified atom stereocenters. The van der Waals surface area contributed by atoms with E-state index in [1.807, 2.05) is 12.1 Å². The molecular formula is C17H14N6O2. The molecule has 25 heavy (non-hydrogen) atoms. The Balaban J connectivity index is 1.76. The monoisotopic (exact) mass is 334 g/mol. The van der Waals surface area contributed by atoms with Crippen LogP contribution in [0.4, 0.5) is 11.4 Å². The third kappa shape index (κ3) is 2.53. The molecule has 0 fully saturated rings. The SMILES string of the molecule is CC1C(=O)Nc2ccccc2N1C(=O)c1cncc(-n2ccnn2)c1. The number of carbonyl (C=O) groups excluding carboxylic acids is 2. The Morgan fingerprint density at radius 1 is 1.24 bits per heavy atom. The highest BCUT2D eigenvalue weighted by atomic mass is 16.2. The van der Waals surface area contributed by atoms with Gasteiger partial charge in [0.2, 0.25) is 5.91 Å². The molecule has 124 valence electrons. The zero-order valence-electron chi connectivity index (χ0n) is 13.3. The first-order valence-electron chi connectivity index (χ1n) is 7.70. The second-order valence-corrected chi connectivity index (χ2v) is 5.64. The molecule has 3 aromatic rings. The highest BCUT2D eigenvalue weighted by molar-refractivity contribution is 6.16. The lowest BCUT2D eigenvalue weighted by Gasteiger charge is -2.34. The Kier molecular flexibility index (Phi) is 3.50. The number of hydrogen-bond donors (Lipinski definition) is 1. The number of nitrogens with one attached hydrogen (secondary N) is 1. The van der Waals surface area contributed by atoms with Crippen molar-refractivity contribution in [1.82, 2.24) is 20.0 Å². The van der Waals surface area contributed by atoms with E-state index < -0.39 is 6.04 Å². The summed E-state index contributed by atoms with van der Waals surface area (Å²) in [5.74, 6) is -0.531. The number of nitrogens with zero attached hydrogens (tertiary/aromatic N) is 5. The molecule has 2 amide bonds. The standard InChI is InChI=1S/C17H14N6O2/c1-11-16(24)20-14-4-2-3-5-15(14)23(11)17(25)12-8-13(10-18-9-12)22-7-6-19-21-22/h2-11H,1H3,(H,20,24). The van der Waals surface area contributed by atoms with Crippen molar-refractivity contribution in [2.45, 2.75) is 13.0 Å². The molecule has 1 aliphatic heterocycles. The highest BCUT2D eigenvalue weighted by Crippen LogP contribution is 2.32. The van der Waals surface area contributed by atoms with E-state index in [1.165, 1.54) is 15.8 Å². The molecular weight excluding hydrogens is 320 g/mol. The van der Waals surface area contributed by atoms with Gasteiger partial charge in [0.25, 0.3) is 5.91 Å². The van der Waals surface area contributed by atoms with Crippen LogP contribution in [0.3, 0.4) is 0 Å². The van der Waals surface area contributed by atoms with Crippen LogP contribution in [0.2, 0.25) is 0 Å². The highest BCUT2D eigenvalue weighted by Gasteiger charge is 2.34. The number of pyridine rings is 1. The van der Waals surface area contributed by atoms with Crippen LogP contribution in [-0.2, 0) is 4.79 Å². The summed E-state index contributed by atoms with van der Waals surface area (Å²) in [7, 11) is 0. The number of hydrogen-bond acceptors (Lipinski definition) is 5. The van der Waals surface area contributed by atoms with Crippen molar-refractivity contribution in [3.8, 4) is 5.69 Å². The summed E-state index contributed by atoms with van der Waals surface area (Å²) in [5.41, 5.74) is 2.25. The largest absolute Gasteiger partial charge is 0.322 e. The minimum atomic E-state index is -0.627. The van der Waals surface area contributed by atoms with Crippen molar-refractivity contribution in [2.75, 3.05) is 10.2 Å². The summed E-state index contributed by atoms with van der Waals surface area (Å²) in [6.07, 6.45) is 6.27. The van der Waals surface area contributed by atoms with Gasteiger partial charge in [-0.3, -0.25) is 19.5 Å². The maximum absolute atomic E-state index is 13.1. The van der Waals surface area contributed by atoms with Gasteiger partial charge in [-0.1, -0.05) is 17.3 Å². The van der Waals surface area contributed by atoms with Crippen molar-refractivity contribution in [1.29, 1.82) is 0 Å². The first-order chi connectivity index (χ1) is 12.1. The number of fused-ring (bicyclic) bond motifs is 1. The van der Waals surface area contributed by atoms with E-state index in [2.05, 4.69) is 20.6 Å². The van der Waals surface area contributed by atoms with E-state index in [0.29, 0.717) is 22.6 Å². The predicted octanol–water partition coefficient (Wildman–Crippen LogP) is 1.65. The van der Waals surface area contributed by atoms with Crippen LogP contribution in [0.5, 0.6) is 0 Å². The molecule has 0 saturated heterocycles. The molecule has 1 aliphatic rings. The maximum Gasteiger partial charge on any atom is 0.260 e. The summed E-state index contributed by atoms with van der Waals surface area (Å²) in [5, 5.41) is 10.5. The number of aromatic nitrogens is 4. The zero-order chi connectivity index (χ0) is 17.4. The Morgan fingerprint density at radius 2 is 2.08 bits per heavy atom. The van der Waals surface area contributed by atoms with Crippen molar-refractivity contribution < 1.29 is 9.59 Å². The van der Waals surface area contributed by atoms with Crippen LogP contribution in [0.15, 0.2) is 55.1 Å². The molecule has 0 saturated carbocycles. The van der Waals surface area contributed by atoms with Gasteiger partial charge >= 0.3 is 0 Å². The molecule has 1 atom stereocenters. The molecule has 4 rings (SSSR count). The molecule has 2 aromatic heterocycles. The molecule has 1 N–H and O–H groups in total. The zero-order valence-corrected chi connectivity index (χ0v) is 13.3. The number of anilines is 2. The van der Waals surface area contributed by atoms with Crippen molar-refractivity contribution in [3.05, 3.63) is 60.7 Å². The van der Waals surface area contributed by atoms with Crippen LogP contribution in [0, 0.1) is 0 Å². The van der Waals surface area contributed by atoms with Gasteiger partial charge in [0.15, 0.2) is 0 Å². The van der Waals surface area contributed by atoms with Gasteiger partial charge in [-0.05, 0) is 25.1 Å². The predicted molar refractivity (Wildman–Crippen MR) is 90.5 cm³/mol. The van der Waals surface area contributed by atoms with Gasteiger partial charge < -0.3 is 5.32 Å². The van der Waals surface area contributed by atoms with Gasteiger partial charge in [0.1, 0.15) is 6.04 Å². The molecule has 3 heterocycles. The van der Waals surface area contributed by atoms with Gasteiger partial charge in [-0.15, -0.1) is 5.10 Å². The van der Waals surface area contributed by atoms with E-state index in [1.54, 1.807) is 43.7 Å². The van der Waals surface area contributed by atoms with E-state index in [9.17, 15) is 9.59 Å². The first-order valence-corrected chi connectivity index (χ1v) is 7.70. The van der Waals surface area contributed by atoms with Crippen LogP contribution >= 0.6 is 0 Å². The second-order valence-electron chi connectivity index (χ2n) is 5.64. The number of carbonyl (C=O) groups is 2. The molecule has 1 aromatic carbocycles. The quantitative estimate of drug-likeness (QED) is 0.769. The van der Waals surface area contributed by atoms with Gasteiger partial charge in [0, 0.05) is 6.20 Å². The lowest BCUT2D eigenvalue weighted by atomic mass is 10.1. The summed E-state index contributed by atoms with van der Waals surface area (Å²) >= 11 is 0. The number of rotatable bonds is 2. The Bertz CT molecular complexity index is 953. The fourth-order valence-corrected chi connectivity index (χ4v) is 2.79. The summed E-state index contributed by atoms with van der Waals surface area (Å²) in [4.78, 5) is 30.9. The first kappa shape index (κ1) is 15.0. The summed E-state index contributed by atoms with van der Waals surface area (Å²) < 4.78 is 1.52. The Labute approximate surface area is 143 Å². The third-order valence-electron chi connectivity index (χ3n) is 4.06. The number of amides is 2. The smallest absolute Gasteiger partial charge is 0.260 e. The normalized spacial score (nSPS) is 16.3. The number of benzene rings is 1. The topological polar surface area (TPSA) is 93.0 Å². The van der Waals surface area contributed by atoms with E-state index >= 15 is 0 Å². The lowest BCUT2D eigenvalue weighted by Crippen LogP contribution is -2.49. The molecule has 8 nitrogen and oxygen atoms in total. The average Bonchev–Trinajstić information content (AvgIpc) is 3.17. The van der Waals surface area contributed by atoms with Gasteiger partial charge in [-0.25, -0.2) is 4.68 Å². The molecule has 0 radical (unpaired) electrons. The maximum atomic E-state index is 13.1. The lowest BCUT2D eigenvalue weighted by molar-refractivity contribution is -0.117. The fourth-order valence-electron chi connectivity index (χ4n) is 2.79. The van der Waals surface area contributed by atoms with Crippen LogP contribution in [0.25, 0.3) is 5.69 Å².